The van der Waals surface area contributed by atoms with Gasteiger partial charge >= 0.3 is 5.97 Å². The van der Waals surface area contributed by atoms with Crippen molar-refractivity contribution in [3.63, 3.8) is 0 Å². The lowest BCUT2D eigenvalue weighted by atomic mass is 9.85. The van der Waals surface area contributed by atoms with Crippen LogP contribution in [0.5, 0.6) is 0 Å². The van der Waals surface area contributed by atoms with Crippen molar-refractivity contribution in [1.29, 1.82) is 0 Å². The molecule has 0 aromatic heterocycles. The second-order valence-corrected chi connectivity index (χ2v) is 6.45. The topological polar surface area (TPSA) is 66.8 Å². The zero-order valence-corrected chi connectivity index (χ0v) is 10.7. The van der Waals surface area contributed by atoms with Gasteiger partial charge in [-0.3, -0.25) is 4.79 Å². The summed E-state index contributed by atoms with van der Waals surface area (Å²) in [5.74, 6) is -1.09. The minimum atomic E-state index is -1.64. The van der Waals surface area contributed by atoms with E-state index in [0.29, 0.717) is 0 Å². The Kier molecular flexibility index (Phi) is 5.13. The van der Waals surface area contributed by atoms with Gasteiger partial charge in [0.05, 0.1) is 18.1 Å². The molecule has 1 aliphatic carbocycles. The maximum absolute atomic E-state index is 11.5. The van der Waals surface area contributed by atoms with E-state index in [1.165, 1.54) is 0 Å². The lowest BCUT2D eigenvalue weighted by Gasteiger charge is -2.28. The molecule has 0 aromatic rings. The highest BCUT2D eigenvalue weighted by Gasteiger charge is 2.33. The van der Waals surface area contributed by atoms with Crippen LogP contribution < -0.4 is 0 Å². The van der Waals surface area contributed by atoms with Crippen molar-refractivity contribution in [3.8, 4) is 0 Å². The molecular formula is C9H13Cl3O4. The van der Waals surface area contributed by atoms with E-state index in [0.717, 1.165) is 0 Å². The van der Waals surface area contributed by atoms with Gasteiger partial charge in [-0.25, -0.2) is 0 Å². The normalized spacial score (nSPS) is 31.2. The Labute approximate surface area is 108 Å². The highest BCUT2D eigenvalue weighted by Crippen LogP contribution is 2.29. The number of carbonyl (C=O) groups is 1. The number of hydrogen-bond acceptors (Lipinski definition) is 4. The van der Waals surface area contributed by atoms with Crippen molar-refractivity contribution in [2.75, 3.05) is 6.61 Å². The summed E-state index contributed by atoms with van der Waals surface area (Å²) in [7, 11) is 0. The van der Waals surface area contributed by atoms with Crippen LogP contribution in [0.25, 0.3) is 0 Å². The molecule has 4 nitrogen and oxygen atoms in total. The molecule has 0 aromatic carbocycles. The van der Waals surface area contributed by atoms with Crippen molar-refractivity contribution < 1.29 is 19.7 Å². The second kappa shape index (κ2) is 5.74. The molecule has 2 atom stereocenters. The number of ether oxygens (including phenoxy) is 1. The molecule has 2 unspecified atom stereocenters. The van der Waals surface area contributed by atoms with Gasteiger partial charge in [0.1, 0.15) is 6.61 Å². The van der Waals surface area contributed by atoms with E-state index in [9.17, 15) is 15.0 Å². The predicted molar refractivity (Wildman–Crippen MR) is 60.6 cm³/mol. The fourth-order valence-electron chi connectivity index (χ4n) is 1.72. The molecular weight excluding hydrogens is 278 g/mol. The number of esters is 1. The van der Waals surface area contributed by atoms with Crippen LogP contribution in [-0.2, 0) is 9.53 Å². The molecule has 1 saturated carbocycles. The average molecular weight is 292 g/mol. The summed E-state index contributed by atoms with van der Waals surface area (Å²) in [6.45, 7) is -0.334. The summed E-state index contributed by atoms with van der Waals surface area (Å²) >= 11 is 16.3. The Balaban J connectivity index is 2.41. The molecule has 16 heavy (non-hydrogen) atoms. The maximum Gasteiger partial charge on any atom is 0.309 e. The molecule has 0 saturated heterocycles. The van der Waals surface area contributed by atoms with E-state index < -0.39 is 27.9 Å². The molecule has 0 aliphatic heterocycles. The summed E-state index contributed by atoms with van der Waals surface area (Å²) in [6, 6.07) is 0. The molecule has 0 amide bonds. The van der Waals surface area contributed by atoms with Crippen molar-refractivity contribution in [2.45, 2.75) is 35.3 Å². The summed E-state index contributed by atoms with van der Waals surface area (Å²) < 4.78 is 3.15. The fourth-order valence-corrected chi connectivity index (χ4v) is 1.89. The highest BCUT2D eigenvalue weighted by molar-refractivity contribution is 6.67. The standard InChI is InChI=1S/C9H13Cl3O4/c10-9(11,12)4-16-8(15)5-1-6(13)3-7(14)2-5/h5-7,13-14H,1-4H2. The van der Waals surface area contributed by atoms with Crippen LogP contribution in [0.15, 0.2) is 0 Å². The minimum Gasteiger partial charge on any atom is -0.461 e. The average Bonchev–Trinajstić information content (AvgIpc) is 2.11. The van der Waals surface area contributed by atoms with Crippen LogP contribution in [0.3, 0.4) is 0 Å². The summed E-state index contributed by atoms with van der Waals surface area (Å²) in [5.41, 5.74) is 0. The van der Waals surface area contributed by atoms with Crippen molar-refractivity contribution in [3.05, 3.63) is 0 Å². The van der Waals surface area contributed by atoms with Crippen LogP contribution in [-0.4, -0.2) is 38.8 Å². The van der Waals surface area contributed by atoms with Gasteiger partial charge in [-0.1, -0.05) is 34.8 Å². The number of aliphatic hydroxyl groups excluding tert-OH is 2. The molecule has 7 heteroatoms. The van der Waals surface area contributed by atoms with E-state index in [1.54, 1.807) is 0 Å². The second-order valence-electron chi connectivity index (χ2n) is 3.93. The lowest BCUT2D eigenvalue weighted by molar-refractivity contribution is -0.153. The Hall–Kier alpha value is 0.260. The summed E-state index contributed by atoms with van der Waals surface area (Å²) in [6.07, 6.45) is -0.539. The largest absolute Gasteiger partial charge is 0.461 e. The van der Waals surface area contributed by atoms with Crippen LogP contribution in [0.2, 0.25) is 0 Å². The smallest absolute Gasteiger partial charge is 0.309 e. The predicted octanol–water partition coefficient (Wildman–Crippen LogP) is 1.42. The van der Waals surface area contributed by atoms with Crippen LogP contribution in [0.4, 0.5) is 0 Å². The Bertz CT molecular complexity index is 244. The van der Waals surface area contributed by atoms with E-state index >= 15 is 0 Å². The molecule has 1 aliphatic rings. The number of carbonyl (C=O) groups excluding carboxylic acids is 1. The number of rotatable bonds is 2. The summed E-state index contributed by atoms with van der Waals surface area (Å²) in [5, 5.41) is 18.8. The third-order valence-corrected chi connectivity index (χ3v) is 2.70. The van der Waals surface area contributed by atoms with E-state index in [4.69, 9.17) is 39.5 Å². The van der Waals surface area contributed by atoms with Gasteiger partial charge in [-0.15, -0.1) is 0 Å². The van der Waals surface area contributed by atoms with E-state index in [2.05, 4.69) is 0 Å². The number of halogens is 3. The summed E-state index contributed by atoms with van der Waals surface area (Å²) in [4.78, 5) is 11.5. The quantitative estimate of drug-likeness (QED) is 0.596. The molecule has 0 heterocycles. The number of aliphatic hydroxyl groups is 2. The Morgan fingerprint density at radius 2 is 1.69 bits per heavy atom. The van der Waals surface area contributed by atoms with Crippen LogP contribution in [0.1, 0.15) is 19.3 Å². The Morgan fingerprint density at radius 3 is 2.12 bits per heavy atom. The molecule has 0 radical (unpaired) electrons. The fraction of sp³-hybridized carbons (Fsp3) is 0.889. The molecule has 0 spiro atoms. The first kappa shape index (κ1) is 14.3. The first-order valence-electron chi connectivity index (χ1n) is 4.87. The van der Waals surface area contributed by atoms with E-state index in [-0.39, 0.29) is 25.9 Å². The van der Waals surface area contributed by atoms with Crippen molar-refractivity contribution in [1.82, 2.24) is 0 Å². The van der Waals surface area contributed by atoms with Gasteiger partial charge < -0.3 is 14.9 Å². The molecule has 2 N–H and O–H groups in total. The zero-order chi connectivity index (χ0) is 12.3. The van der Waals surface area contributed by atoms with E-state index in [1.807, 2.05) is 0 Å². The monoisotopic (exact) mass is 290 g/mol. The highest BCUT2D eigenvalue weighted by atomic mass is 35.6. The minimum absolute atomic E-state index is 0.274. The third-order valence-electron chi connectivity index (χ3n) is 2.37. The first-order chi connectivity index (χ1) is 7.28. The molecule has 1 fully saturated rings. The third kappa shape index (κ3) is 5.06. The van der Waals surface area contributed by atoms with Gasteiger partial charge in [0.2, 0.25) is 3.79 Å². The molecule has 0 bridgehead atoms. The van der Waals surface area contributed by atoms with Crippen molar-refractivity contribution in [2.24, 2.45) is 5.92 Å². The zero-order valence-electron chi connectivity index (χ0n) is 8.41. The molecule has 94 valence electrons. The Morgan fingerprint density at radius 1 is 1.19 bits per heavy atom. The SMILES string of the molecule is O=C(OCC(Cl)(Cl)Cl)C1CC(O)CC(O)C1. The van der Waals surface area contributed by atoms with Crippen LogP contribution >= 0.6 is 34.8 Å². The number of hydrogen-bond donors (Lipinski definition) is 2. The lowest BCUT2D eigenvalue weighted by Crippen LogP contribution is -2.35. The number of alkyl halides is 3. The van der Waals surface area contributed by atoms with Gasteiger partial charge in [0.15, 0.2) is 0 Å². The first-order valence-corrected chi connectivity index (χ1v) is 6.01. The van der Waals surface area contributed by atoms with Gasteiger partial charge in [0, 0.05) is 0 Å². The van der Waals surface area contributed by atoms with Gasteiger partial charge in [-0.05, 0) is 19.3 Å². The molecule has 1 rings (SSSR count). The van der Waals surface area contributed by atoms with Crippen molar-refractivity contribution >= 4 is 40.8 Å². The van der Waals surface area contributed by atoms with Gasteiger partial charge in [0.25, 0.3) is 0 Å². The van der Waals surface area contributed by atoms with Crippen LogP contribution in [0, 0.1) is 5.92 Å². The van der Waals surface area contributed by atoms with Gasteiger partial charge in [-0.2, -0.15) is 0 Å². The maximum atomic E-state index is 11.5.